The molecule has 0 saturated carbocycles. The van der Waals surface area contributed by atoms with Crippen LogP contribution in [0.5, 0.6) is 0 Å². The van der Waals surface area contributed by atoms with Crippen molar-refractivity contribution in [1.82, 2.24) is 4.90 Å². The second-order valence-electron chi connectivity index (χ2n) is 5.01. The van der Waals surface area contributed by atoms with Crippen molar-refractivity contribution in [3.8, 4) is 0 Å². The van der Waals surface area contributed by atoms with Gasteiger partial charge >= 0.3 is 0 Å². The van der Waals surface area contributed by atoms with Crippen molar-refractivity contribution in [3.05, 3.63) is 75.9 Å². The highest BCUT2D eigenvalue weighted by atomic mass is 35.5. The summed E-state index contributed by atoms with van der Waals surface area (Å²) in [5, 5.41) is 3.28. The van der Waals surface area contributed by atoms with Gasteiger partial charge in [0.15, 0.2) is 0 Å². The van der Waals surface area contributed by atoms with Gasteiger partial charge in [-0.2, -0.15) is 0 Å². The van der Waals surface area contributed by atoms with Crippen LogP contribution < -0.4 is 5.32 Å². The minimum Gasteiger partial charge on any atom is -0.350 e. The molecule has 1 heterocycles. The van der Waals surface area contributed by atoms with Crippen molar-refractivity contribution in [2.75, 3.05) is 5.32 Å². The number of amides is 2. The first-order chi connectivity index (χ1) is 11.1. The molecule has 6 heteroatoms. The first-order valence-electron chi connectivity index (χ1n) is 6.89. The molecule has 0 atom stereocenters. The van der Waals surface area contributed by atoms with Crippen LogP contribution in [0.15, 0.2) is 65.3 Å². The molecule has 116 valence electrons. The lowest BCUT2D eigenvalue weighted by molar-refractivity contribution is -0.138. The Bertz CT molecular complexity index is 803. The minimum atomic E-state index is -0.509. The summed E-state index contributed by atoms with van der Waals surface area (Å²) in [6.07, 6.45) is 0. The summed E-state index contributed by atoms with van der Waals surface area (Å²) in [4.78, 5) is 25.8. The van der Waals surface area contributed by atoms with Gasteiger partial charge in [-0.3, -0.25) is 14.5 Å². The first kappa shape index (κ1) is 15.6. The van der Waals surface area contributed by atoms with Crippen molar-refractivity contribution < 1.29 is 9.59 Å². The highest BCUT2D eigenvalue weighted by Crippen LogP contribution is 2.27. The second-order valence-corrected chi connectivity index (χ2v) is 5.82. The lowest BCUT2D eigenvalue weighted by Crippen LogP contribution is -2.31. The Hall–Kier alpha value is -2.30. The largest absolute Gasteiger partial charge is 0.350 e. The number of carbonyl (C=O) groups excluding carboxylic acids is 2. The maximum Gasteiger partial charge on any atom is 0.279 e. The van der Waals surface area contributed by atoms with Crippen molar-refractivity contribution in [1.29, 1.82) is 0 Å². The highest BCUT2D eigenvalue weighted by Gasteiger charge is 2.37. The van der Waals surface area contributed by atoms with Crippen LogP contribution in [0.4, 0.5) is 5.69 Å². The zero-order valence-electron chi connectivity index (χ0n) is 11.9. The number of anilines is 1. The predicted molar refractivity (Wildman–Crippen MR) is 90.0 cm³/mol. The topological polar surface area (TPSA) is 49.4 Å². The number of hydrogen-bond donors (Lipinski definition) is 1. The van der Waals surface area contributed by atoms with E-state index in [-0.39, 0.29) is 17.3 Å². The van der Waals surface area contributed by atoms with Gasteiger partial charge < -0.3 is 5.32 Å². The third kappa shape index (κ3) is 3.23. The Morgan fingerprint density at radius 1 is 0.913 bits per heavy atom. The summed E-state index contributed by atoms with van der Waals surface area (Å²) in [6.45, 7) is 0.176. The summed E-state index contributed by atoms with van der Waals surface area (Å²) in [5.74, 6) is -0.964. The van der Waals surface area contributed by atoms with E-state index in [0.717, 1.165) is 10.5 Å². The molecule has 0 saturated heterocycles. The number of nitrogens with zero attached hydrogens (tertiary/aromatic N) is 1. The summed E-state index contributed by atoms with van der Waals surface area (Å²) < 4.78 is 0. The summed E-state index contributed by atoms with van der Waals surface area (Å²) >= 11 is 12.0. The van der Waals surface area contributed by atoms with Crippen LogP contribution in [0.1, 0.15) is 5.56 Å². The maximum atomic E-state index is 12.5. The molecule has 0 fully saturated rings. The number of rotatable bonds is 4. The first-order valence-corrected chi connectivity index (χ1v) is 7.64. The standard InChI is InChI=1S/C17H12Cl2N2O2/c18-12-7-4-8-13(9-12)20-15-14(19)16(22)21(17(15)23)10-11-5-2-1-3-6-11/h1-9,20H,10H2. The van der Waals surface area contributed by atoms with Crippen LogP contribution in [0, 0.1) is 0 Å². The van der Waals surface area contributed by atoms with Gasteiger partial charge in [0.05, 0.1) is 6.54 Å². The summed E-state index contributed by atoms with van der Waals surface area (Å²) in [6, 6.07) is 16.1. The van der Waals surface area contributed by atoms with Gasteiger partial charge in [-0.1, -0.05) is 59.6 Å². The fraction of sp³-hybridized carbons (Fsp3) is 0.0588. The summed E-state index contributed by atoms with van der Waals surface area (Å²) in [5.41, 5.74) is 1.51. The van der Waals surface area contributed by atoms with E-state index in [4.69, 9.17) is 23.2 Å². The van der Waals surface area contributed by atoms with E-state index in [1.54, 1.807) is 24.3 Å². The Morgan fingerprint density at radius 2 is 1.65 bits per heavy atom. The fourth-order valence-corrected chi connectivity index (χ4v) is 2.70. The zero-order chi connectivity index (χ0) is 16.4. The minimum absolute atomic E-state index is 0.0647. The number of carbonyl (C=O) groups is 2. The molecular formula is C17H12Cl2N2O2. The van der Waals surface area contributed by atoms with Crippen LogP contribution >= 0.6 is 23.2 Å². The molecule has 4 nitrogen and oxygen atoms in total. The molecule has 2 amide bonds. The molecular weight excluding hydrogens is 335 g/mol. The third-order valence-corrected chi connectivity index (χ3v) is 3.97. The van der Waals surface area contributed by atoms with Crippen LogP contribution in [0.2, 0.25) is 5.02 Å². The molecule has 2 aromatic rings. The van der Waals surface area contributed by atoms with E-state index in [2.05, 4.69) is 5.32 Å². The van der Waals surface area contributed by atoms with Crippen molar-refractivity contribution in [2.24, 2.45) is 0 Å². The molecule has 23 heavy (non-hydrogen) atoms. The van der Waals surface area contributed by atoms with Gasteiger partial charge in [0.1, 0.15) is 10.7 Å². The van der Waals surface area contributed by atoms with Gasteiger partial charge in [0.25, 0.3) is 11.8 Å². The normalized spacial score (nSPS) is 14.6. The average Bonchev–Trinajstić information content (AvgIpc) is 2.74. The molecule has 0 aliphatic carbocycles. The molecule has 1 aliphatic heterocycles. The average molecular weight is 347 g/mol. The van der Waals surface area contributed by atoms with E-state index in [9.17, 15) is 9.59 Å². The molecule has 1 N–H and O–H groups in total. The number of hydrogen-bond acceptors (Lipinski definition) is 3. The number of halogens is 2. The van der Waals surface area contributed by atoms with Crippen LogP contribution in [-0.2, 0) is 16.1 Å². The molecule has 0 aromatic heterocycles. The van der Waals surface area contributed by atoms with E-state index >= 15 is 0 Å². The van der Waals surface area contributed by atoms with Gasteiger partial charge in [-0.25, -0.2) is 0 Å². The van der Waals surface area contributed by atoms with Crippen LogP contribution in [0.3, 0.4) is 0 Å². The fourth-order valence-electron chi connectivity index (χ4n) is 2.28. The zero-order valence-corrected chi connectivity index (χ0v) is 13.4. The second kappa shape index (κ2) is 6.44. The van der Waals surface area contributed by atoms with Gasteiger partial charge in [0, 0.05) is 10.7 Å². The molecule has 0 unspecified atom stereocenters. The molecule has 1 aliphatic rings. The quantitative estimate of drug-likeness (QED) is 0.857. The Balaban J connectivity index is 1.82. The van der Waals surface area contributed by atoms with E-state index in [0.29, 0.717) is 10.7 Å². The van der Waals surface area contributed by atoms with E-state index < -0.39 is 11.8 Å². The third-order valence-electron chi connectivity index (χ3n) is 3.39. The van der Waals surface area contributed by atoms with Crippen molar-refractivity contribution in [2.45, 2.75) is 6.54 Å². The smallest absolute Gasteiger partial charge is 0.279 e. The van der Waals surface area contributed by atoms with Gasteiger partial charge in [-0.15, -0.1) is 0 Å². The van der Waals surface area contributed by atoms with Gasteiger partial charge in [-0.05, 0) is 23.8 Å². The highest BCUT2D eigenvalue weighted by molar-refractivity contribution is 6.48. The molecule has 3 rings (SSSR count). The molecule has 0 spiro atoms. The van der Waals surface area contributed by atoms with E-state index in [1.807, 2.05) is 30.3 Å². The van der Waals surface area contributed by atoms with Crippen LogP contribution in [-0.4, -0.2) is 16.7 Å². The SMILES string of the molecule is O=C1C(Cl)=C(Nc2cccc(Cl)c2)C(=O)N1Cc1ccccc1. The Morgan fingerprint density at radius 3 is 2.35 bits per heavy atom. The van der Waals surface area contributed by atoms with Gasteiger partial charge in [0.2, 0.25) is 0 Å². The summed E-state index contributed by atoms with van der Waals surface area (Å²) in [7, 11) is 0. The predicted octanol–water partition coefficient (Wildman–Crippen LogP) is 3.77. The molecule has 0 radical (unpaired) electrons. The van der Waals surface area contributed by atoms with Crippen LogP contribution in [0.25, 0.3) is 0 Å². The maximum absolute atomic E-state index is 12.5. The Labute approximate surface area is 143 Å². The monoisotopic (exact) mass is 346 g/mol. The lowest BCUT2D eigenvalue weighted by atomic mass is 10.2. The number of imide groups is 1. The van der Waals surface area contributed by atoms with Crippen molar-refractivity contribution >= 4 is 40.7 Å². The number of nitrogens with one attached hydrogen (secondary N) is 1. The molecule has 0 bridgehead atoms. The molecule has 2 aromatic carbocycles. The van der Waals surface area contributed by atoms with Crippen molar-refractivity contribution in [3.63, 3.8) is 0 Å². The van der Waals surface area contributed by atoms with E-state index in [1.165, 1.54) is 0 Å². The lowest BCUT2D eigenvalue weighted by Gasteiger charge is -2.15. The number of benzene rings is 2. The Kier molecular flexibility index (Phi) is 4.37.